The molecule has 1 atom stereocenters. The molecule has 0 aliphatic rings. The van der Waals surface area contributed by atoms with E-state index < -0.39 is 18.7 Å². The van der Waals surface area contributed by atoms with E-state index in [1.54, 1.807) is 57.3 Å². The largest absolute Gasteiger partial charge is 0.414 e. The Morgan fingerprint density at radius 2 is 1.56 bits per heavy atom. The molecule has 0 aliphatic heterocycles. The first-order valence-corrected chi connectivity index (χ1v) is 13.7. The van der Waals surface area contributed by atoms with E-state index in [9.17, 15) is 18.0 Å². The number of alkyl halides is 3. The number of methoxy groups -OCH3 is 1. The number of halogens is 5. The zero-order valence-electron chi connectivity index (χ0n) is 26.0. The minimum Gasteiger partial charge on any atom is -0.399 e. The zero-order chi connectivity index (χ0) is 34.6. The lowest BCUT2D eigenvalue weighted by molar-refractivity contribution is -0.210. The van der Waals surface area contributed by atoms with E-state index in [0.717, 1.165) is 31.4 Å². The lowest BCUT2D eigenvalue weighted by Crippen LogP contribution is -2.33. The van der Waals surface area contributed by atoms with Crippen LogP contribution in [0.4, 0.5) is 13.2 Å². The van der Waals surface area contributed by atoms with Crippen LogP contribution >= 0.6 is 23.2 Å². The molecule has 2 aromatic carbocycles. The number of nitrogens with one attached hydrogen (secondary N) is 2. The molecule has 0 radical (unpaired) electrons. The predicted octanol–water partition coefficient (Wildman–Crippen LogP) is 7.18. The van der Waals surface area contributed by atoms with Crippen LogP contribution in [-0.4, -0.2) is 57.9 Å². The molecule has 8 nitrogen and oxygen atoms in total. The van der Waals surface area contributed by atoms with Crippen molar-refractivity contribution < 1.29 is 32.3 Å². The third kappa shape index (κ3) is 27.8. The average Bonchev–Trinajstić information content (AvgIpc) is 2.93. The molecule has 0 amide bonds. The second kappa shape index (κ2) is 29.3. The van der Waals surface area contributed by atoms with Crippen LogP contribution in [0.15, 0.2) is 49.0 Å². The number of rotatable bonds is 8. The first-order chi connectivity index (χ1) is 20.0. The van der Waals surface area contributed by atoms with Crippen LogP contribution < -0.4 is 16.9 Å². The number of hydrogen-bond acceptors (Lipinski definition) is 8. The first kappa shape index (κ1) is 47.1. The number of carbonyl (C=O) groups is 2. The molecule has 0 fully saturated rings. The Bertz CT molecular complexity index is 1020. The molecule has 13 heteroatoms. The second-order valence-corrected chi connectivity index (χ2v) is 8.92. The average molecular weight is 656 g/mol. The molecule has 2 rings (SSSR count). The van der Waals surface area contributed by atoms with Gasteiger partial charge in [0.05, 0.1) is 6.61 Å². The smallest absolute Gasteiger partial charge is 0.399 e. The van der Waals surface area contributed by atoms with E-state index in [1.807, 2.05) is 33.6 Å². The van der Waals surface area contributed by atoms with Crippen LogP contribution in [0, 0.1) is 12.3 Å². The van der Waals surface area contributed by atoms with Crippen molar-refractivity contribution >= 4 is 47.2 Å². The van der Waals surface area contributed by atoms with E-state index in [-0.39, 0.29) is 11.5 Å². The van der Waals surface area contributed by atoms with Gasteiger partial charge in [0.2, 0.25) is 0 Å². The quantitative estimate of drug-likeness (QED) is 0.175. The summed E-state index contributed by atoms with van der Waals surface area (Å²) in [5.74, 6) is 0.255. The number of aryl methyl sites for hydroxylation is 1. The summed E-state index contributed by atoms with van der Waals surface area (Å²) >= 11 is 11.1. The summed E-state index contributed by atoms with van der Waals surface area (Å²) in [7, 11) is 2.72. The summed E-state index contributed by atoms with van der Waals surface area (Å²) in [5.41, 5.74) is 15.1. The van der Waals surface area contributed by atoms with Crippen molar-refractivity contribution in [1.82, 2.24) is 5.48 Å². The summed E-state index contributed by atoms with van der Waals surface area (Å²) in [6.45, 7) is 16.1. The van der Waals surface area contributed by atoms with Crippen LogP contribution in [-0.2, 0) is 19.2 Å². The van der Waals surface area contributed by atoms with Gasteiger partial charge in [-0.25, -0.2) is 5.48 Å². The summed E-state index contributed by atoms with van der Waals surface area (Å²) in [6.07, 6.45) is -6.32. The van der Waals surface area contributed by atoms with Crippen molar-refractivity contribution in [2.45, 2.75) is 59.7 Å². The number of hydroxylamine groups is 1. The number of hydrogen-bond donors (Lipinski definition) is 4. The summed E-state index contributed by atoms with van der Waals surface area (Å²) < 4.78 is 42.2. The van der Waals surface area contributed by atoms with Crippen LogP contribution in [0.3, 0.4) is 0 Å². The van der Waals surface area contributed by atoms with Crippen LogP contribution in [0.1, 0.15) is 57.2 Å². The number of nitrogens with two attached hydrogens (primary N) is 2. The van der Waals surface area contributed by atoms with Gasteiger partial charge in [-0.2, -0.15) is 13.2 Å². The van der Waals surface area contributed by atoms with Crippen molar-refractivity contribution in [2.24, 2.45) is 11.5 Å². The highest BCUT2D eigenvalue weighted by Gasteiger charge is 2.40. The molecule has 0 saturated carbocycles. The lowest BCUT2D eigenvalue weighted by atomic mass is 9.98. The van der Waals surface area contributed by atoms with Gasteiger partial charge >= 0.3 is 6.18 Å². The highest BCUT2D eigenvalue weighted by atomic mass is 35.5. The molecule has 0 bridgehead atoms. The number of ketones is 1. The molecule has 0 spiro atoms. The second-order valence-electron chi connectivity index (χ2n) is 8.04. The Kier molecular flexibility index (Phi) is 32.1. The first-order valence-electron chi connectivity index (χ1n) is 13.0. The van der Waals surface area contributed by atoms with Crippen molar-refractivity contribution in [2.75, 3.05) is 27.3 Å². The Morgan fingerprint density at radius 3 is 1.79 bits per heavy atom. The van der Waals surface area contributed by atoms with Crippen molar-refractivity contribution in [3.8, 4) is 0 Å². The molecule has 6 N–H and O–H groups in total. The van der Waals surface area contributed by atoms with Gasteiger partial charge in [-0.1, -0.05) is 61.8 Å². The number of carbonyl (C=O) groups excluding carboxylic acids is 2. The highest BCUT2D eigenvalue weighted by molar-refractivity contribution is 6.34. The third-order valence-electron chi connectivity index (χ3n) is 4.53. The molecular formula is C30H47Cl2F3N4O4. The topological polar surface area (TPSA) is 141 Å². The number of Topliss-reactive ketones (excluding diaryl/α,β-unsaturated/α-hetero) is 1. The maximum Gasteiger partial charge on any atom is 0.414 e. The van der Waals surface area contributed by atoms with Gasteiger partial charge in [-0.05, 0) is 68.3 Å². The van der Waals surface area contributed by atoms with Gasteiger partial charge in [0, 0.05) is 48.5 Å². The van der Waals surface area contributed by atoms with E-state index in [4.69, 9.17) is 44.9 Å². The summed E-state index contributed by atoms with van der Waals surface area (Å²) in [6, 6.07) is 11.9. The van der Waals surface area contributed by atoms with Gasteiger partial charge in [-0.15, -0.1) is 0 Å². The molecular weight excluding hydrogens is 608 g/mol. The van der Waals surface area contributed by atoms with Gasteiger partial charge in [0.25, 0.3) is 0 Å². The Morgan fingerprint density at radius 1 is 1.09 bits per heavy atom. The van der Waals surface area contributed by atoms with Crippen molar-refractivity contribution in [1.29, 1.82) is 5.41 Å². The highest BCUT2D eigenvalue weighted by Crippen LogP contribution is 2.26. The van der Waals surface area contributed by atoms with Crippen molar-refractivity contribution in [3.63, 3.8) is 0 Å². The minimum absolute atomic E-state index is 0.133. The predicted molar refractivity (Wildman–Crippen MR) is 173 cm³/mol. The minimum atomic E-state index is -4.48. The molecule has 2 aromatic rings. The summed E-state index contributed by atoms with van der Waals surface area (Å²) in [4.78, 5) is 22.4. The molecule has 0 aromatic heterocycles. The van der Waals surface area contributed by atoms with E-state index >= 15 is 0 Å². The number of benzene rings is 2. The van der Waals surface area contributed by atoms with E-state index in [1.165, 1.54) is 0 Å². The molecule has 0 heterocycles. The SMILES string of the molecule is C=C(N)c1ccc(C(=N)CC(OC)C(F)(F)F)cc1C.C=O.CCC(C)=O.CCN.CCONC.Clc1cccc(Cl)c1. The molecule has 1 unspecified atom stereocenters. The standard InChI is InChI=1S/C14H17F3N2O.C6H4Cl2.C4H8O.C3H9NO.C2H7N.CH2O/c1-8-6-10(4-5-11(8)9(2)18)12(19)7-13(20-3)14(15,16)17;7-5-2-1-3-6(8)4-5;1-3-4(2)5;1-3-5-4-2;1-2-3;1-2/h4-6,13,19H,2,7,18H2,1,3H3;1-4H;3H2,1-2H3;4H,3H2,1-2H3;2-3H2,1H3;1H2. The maximum atomic E-state index is 12.6. The fraction of sp³-hybridized carbons (Fsp3) is 0.433. The van der Waals surface area contributed by atoms with E-state index in [0.29, 0.717) is 27.7 Å². The van der Waals surface area contributed by atoms with Gasteiger partial charge in [0.1, 0.15) is 12.6 Å². The Hall–Kier alpha value is -2.80. The summed E-state index contributed by atoms with van der Waals surface area (Å²) in [5, 5.41) is 9.14. The Balaban J connectivity index is -0.000000270. The fourth-order valence-corrected chi connectivity index (χ4v) is 2.89. The lowest BCUT2D eigenvalue weighted by Gasteiger charge is -2.19. The van der Waals surface area contributed by atoms with Gasteiger partial charge < -0.3 is 36.0 Å². The molecule has 0 aliphatic carbocycles. The van der Waals surface area contributed by atoms with Gasteiger partial charge in [0.15, 0.2) is 6.10 Å². The monoisotopic (exact) mass is 654 g/mol. The van der Waals surface area contributed by atoms with Crippen LogP contribution in [0.2, 0.25) is 10.0 Å². The fourth-order valence-electron chi connectivity index (χ4n) is 2.45. The molecule has 0 saturated heterocycles. The molecule has 246 valence electrons. The normalized spacial score (nSPS) is 10.2. The number of ether oxygens (including phenoxy) is 1. The van der Waals surface area contributed by atoms with Crippen LogP contribution in [0.5, 0.6) is 0 Å². The van der Waals surface area contributed by atoms with Gasteiger partial charge in [-0.3, -0.25) is 0 Å². The third-order valence-corrected chi connectivity index (χ3v) is 5.00. The molecule has 43 heavy (non-hydrogen) atoms. The zero-order valence-corrected chi connectivity index (χ0v) is 27.6. The maximum absolute atomic E-state index is 12.6. The van der Waals surface area contributed by atoms with E-state index in [2.05, 4.69) is 21.6 Å². The van der Waals surface area contributed by atoms with Crippen molar-refractivity contribution in [3.05, 3.63) is 75.8 Å². The van der Waals surface area contributed by atoms with Crippen LogP contribution in [0.25, 0.3) is 5.70 Å². The Labute approximate surface area is 264 Å².